The molecule has 3 aromatic rings. The molecule has 0 atom stereocenters. The third-order valence-corrected chi connectivity index (χ3v) is 2.91. The van der Waals surface area contributed by atoms with Gasteiger partial charge < -0.3 is 0 Å². The Balaban J connectivity index is 2.63. The smallest absolute Gasteiger partial charge is 0.108 e. The molecule has 0 unspecified atom stereocenters. The molecule has 0 bridgehead atoms. The molecule has 2 heterocycles. The molecule has 3 rings (SSSR count). The number of fused-ring (bicyclic) bond motifs is 3. The highest BCUT2D eigenvalue weighted by Gasteiger charge is 2.04. The number of pyridine rings is 1. The molecule has 2 nitrogen and oxygen atoms in total. The van der Waals surface area contributed by atoms with Crippen LogP contribution in [0.15, 0.2) is 47.1 Å². The molecule has 0 aliphatic carbocycles. The Morgan fingerprint density at radius 3 is 2.79 bits per heavy atom. The predicted octanol–water partition coefficient (Wildman–Crippen LogP) is 3.25. The Hall–Kier alpha value is -1.35. The Kier molecular flexibility index (Phi) is 1.61. The van der Waals surface area contributed by atoms with Gasteiger partial charge in [0.1, 0.15) is 4.60 Å². The Morgan fingerprint density at radius 2 is 1.86 bits per heavy atom. The summed E-state index contributed by atoms with van der Waals surface area (Å²) in [5.74, 6) is 0. The first-order valence-corrected chi connectivity index (χ1v) is 5.17. The van der Waals surface area contributed by atoms with E-state index >= 15 is 0 Å². The van der Waals surface area contributed by atoms with E-state index in [1.807, 2.05) is 34.8 Å². The molecular weight excluding hydrogens is 240 g/mol. The van der Waals surface area contributed by atoms with Gasteiger partial charge in [-0.15, -0.1) is 0 Å². The first kappa shape index (κ1) is 8.00. The average Bonchev–Trinajstić information content (AvgIpc) is 2.59. The van der Waals surface area contributed by atoms with Gasteiger partial charge in [0.05, 0.1) is 11.0 Å². The van der Waals surface area contributed by atoms with Crippen molar-refractivity contribution >= 4 is 32.3 Å². The van der Waals surface area contributed by atoms with Gasteiger partial charge in [-0.2, -0.15) is 5.10 Å². The van der Waals surface area contributed by atoms with E-state index in [9.17, 15) is 0 Å². The van der Waals surface area contributed by atoms with E-state index in [1.54, 1.807) is 0 Å². The number of halogens is 1. The topological polar surface area (TPSA) is 17.3 Å². The molecule has 0 saturated heterocycles. The minimum absolute atomic E-state index is 0.978. The second kappa shape index (κ2) is 2.82. The van der Waals surface area contributed by atoms with E-state index < -0.39 is 0 Å². The van der Waals surface area contributed by atoms with Crippen LogP contribution in [-0.4, -0.2) is 9.61 Å². The maximum absolute atomic E-state index is 4.48. The molecule has 2 aromatic heterocycles. The Labute approximate surface area is 89.3 Å². The fourth-order valence-electron chi connectivity index (χ4n) is 1.67. The summed E-state index contributed by atoms with van der Waals surface area (Å²) in [5.41, 5.74) is 2.16. The largest absolute Gasteiger partial charge is 0.225 e. The second-order valence-electron chi connectivity index (χ2n) is 3.16. The van der Waals surface area contributed by atoms with Crippen LogP contribution in [-0.2, 0) is 0 Å². The van der Waals surface area contributed by atoms with Gasteiger partial charge in [-0.25, -0.2) is 4.52 Å². The van der Waals surface area contributed by atoms with Gasteiger partial charge in [0, 0.05) is 5.39 Å². The lowest BCUT2D eigenvalue weighted by Crippen LogP contribution is -1.86. The summed E-state index contributed by atoms with van der Waals surface area (Å²) in [6.45, 7) is 0. The summed E-state index contributed by atoms with van der Waals surface area (Å²) in [4.78, 5) is 0. The van der Waals surface area contributed by atoms with Crippen LogP contribution in [0.3, 0.4) is 0 Å². The second-order valence-corrected chi connectivity index (χ2v) is 3.98. The SMILES string of the molecule is Brc1cccc2c3ccccc3nn12. The summed E-state index contributed by atoms with van der Waals surface area (Å²) in [7, 11) is 0. The first-order valence-electron chi connectivity index (χ1n) is 4.38. The zero-order valence-electron chi connectivity index (χ0n) is 7.31. The molecule has 1 aromatic carbocycles. The highest BCUT2D eigenvalue weighted by atomic mass is 79.9. The molecule has 3 heteroatoms. The highest BCUT2D eigenvalue weighted by Crippen LogP contribution is 2.22. The fourth-order valence-corrected chi connectivity index (χ4v) is 2.09. The number of hydrogen-bond acceptors (Lipinski definition) is 1. The summed E-state index contributed by atoms with van der Waals surface area (Å²) < 4.78 is 2.89. The van der Waals surface area contributed by atoms with Crippen LogP contribution in [0, 0.1) is 0 Å². The summed E-state index contributed by atoms with van der Waals surface area (Å²) in [5, 5.41) is 5.67. The predicted molar refractivity (Wildman–Crippen MR) is 60.4 cm³/mol. The maximum atomic E-state index is 4.48. The third kappa shape index (κ3) is 0.990. The van der Waals surface area contributed by atoms with Crippen molar-refractivity contribution in [3.63, 3.8) is 0 Å². The quantitative estimate of drug-likeness (QED) is 0.557. The van der Waals surface area contributed by atoms with Crippen molar-refractivity contribution in [2.75, 3.05) is 0 Å². The number of aromatic nitrogens is 2. The van der Waals surface area contributed by atoms with Crippen LogP contribution in [0.4, 0.5) is 0 Å². The van der Waals surface area contributed by atoms with E-state index in [0.29, 0.717) is 0 Å². The summed E-state index contributed by atoms with van der Waals surface area (Å²) in [6, 6.07) is 14.2. The van der Waals surface area contributed by atoms with Crippen LogP contribution in [0.5, 0.6) is 0 Å². The number of rotatable bonds is 0. The van der Waals surface area contributed by atoms with Gasteiger partial charge in [-0.3, -0.25) is 0 Å². The Morgan fingerprint density at radius 1 is 1.00 bits per heavy atom. The number of benzene rings is 1. The van der Waals surface area contributed by atoms with Gasteiger partial charge in [0.2, 0.25) is 0 Å². The lowest BCUT2D eigenvalue weighted by Gasteiger charge is -1.94. The first-order chi connectivity index (χ1) is 6.86. The van der Waals surface area contributed by atoms with Crippen molar-refractivity contribution < 1.29 is 0 Å². The van der Waals surface area contributed by atoms with Crippen molar-refractivity contribution in [3.05, 3.63) is 47.1 Å². The van der Waals surface area contributed by atoms with Crippen molar-refractivity contribution in [2.45, 2.75) is 0 Å². The zero-order valence-corrected chi connectivity index (χ0v) is 8.90. The minimum Gasteiger partial charge on any atom is -0.225 e. The molecule has 0 spiro atoms. The van der Waals surface area contributed by atoms with E-state index in [-0.39, 0.29) is 0 Å². The molecule has 0 saturated carbocycles. The normalized spacial score (nSPS) is 11.2. The van der Waals surface area contributed by atoms with Crippen molar-refractivity contribution in [1.82, 2.24) is 9.61 Å². The molecular formula is C11H7BrN2. The van der Waals surface area contributed by atoms with Crippen LogP contribution in [0.1, 0.15) is 0 Å². The maximum Gasteiger partial charge on any atom is 0.108 e. The van der Waals surface area contributed by atoms with Gasteiger partial charge in [0.15, 0.2) is 0 Å². The lowest BCUT2D eigenvalue weighted by atomic mass is 10.2. The lowest BCUT2D eigenvalue weighted by molar-refractivity contribution is 0.954. The summed E-state index contributed by atoms with van der Waals surface area (Å²) >= 11 is 3.48. The van der Waals surface area contributed by atoms with E-state index in [4.69, 9.17) is 0 Å². The van der Waals surface area contributed by atoms with E-state index in [0.717, 1.165) is 15.6 Å². The summed E-state index contributed by atoms with van der Waals surface area (Å²) in [6.07, 6.45) is 0. The van der Waals surface area contributed by atoms with Crippen LogP contribution in [0.2, 0.25) is 0 Å². The zero-order chi connectivity index (χ0) is 9.54. The highest BCUT2D eigenvalue weighted by molar-refractivity contribution is 9.10. The standard InChI is InChI=1S/C11H7BrN2/c12-11-7-3-6-10-8-4-1-2-5-9(8)13-14(10)11/h1-7H. The van der Waals surface area contributed by atoms with Crippen molar-refractivity contribution in [1.29, 1.82) is 0 Å². The minimum atomic E-state index is 0.978. The molecule has 0 fully saturated rings. The van der Waals surface area contributed by atoms with Crippen molar-refractivity contribution in [2.24, 2.45) is 0 Å². The number of hydrogen-bond donors (Lipinski definition) is 0. The van der Waals surface area contributed by atoms with Crippen LogP contribution >= 0.6 is 15.9 Å². The number of nitrogens with zero attached hydrogens (tertiary/aromatic N) is 2. The molecule has 0 radical (unpaired) electrons. The molecule has 68 valence electrons. The van der Waals surface area contributed by atoms with Gasteiger partial charge >= 0.3 is 0 Å². The van der Waals surface area contributed by atoms with Gasteiger partial charge in [-0.1, -0.05) is 24.3 Å². The Bertz CT molecular complexity index is 613. The van der Waals surface area contributed by atoms with Gasteiger partial charge in [0.25, 0.3) is 0 Å². The molecule has 0 aliphatic rings. The molecule has 0 amide bonds. The fraction of sp³-hybridized carbons (Fsp3) is 0. The average molecular weight is 247 g/mol. The third-order valence-electron chi connectivity index (χ3n) is 2.31. The molecule has 0 aliphatic heterocycles. The molecule has 14 heavy (non-hydrogen) atoms. The monoisotopic (exact) mass is 246 g/mol. The van der Waals surface area contributed by atoms with Crippen LogP contribution in [0.25, 0.3) is 16.4 Å². The van der Waals surface area contributed by atoms with Gasteiger partial charge in [-0.05, 0) is 34.1 Å². The van der Waals surface area contributed by atoms with E-state index in [1.165, 1.54) is 5.39 Å². The van der Waals surface area contributed by atoms with Crippen molar-refractivity contribution in [3.8, 4) is 0 Å². The van der Waals surface area contributed by atoms with E-state index in [2.05, 4.69) is 33.2 Å². The van der Waals surface area contributed by atoms with Crippen LogP contribution < -0.4 is 0 Å². The molecule has 0 N–H and O–H groups in total.